The quantitative estimate of drug-likeness (QED) is 0.661. The van der Waals surface area contributed by atoms with Crippen molar-refractivity contribution in [3.8, 4) is 0 Å². The van der Waals surface area contributed by atoms with Gasteiger partial charge in [0.05, 0.1) is 0 Å². The Morgan fingerprint density at radius 2 is 1.11 bits per heavy atom. The van der Waals surface area contributed by atoms with E-state index in [4.69, 9.17) is 9.47 Å². The molecule has 0 spiro atoms. The fraction of sp³-hybridized carbons (Fsp3) is 0.500. The predicted molar refractivity (Wildman–Crippen MR) is 97.1 cm³/mol. The summed E-state index contributed by atoms with van der Waals surface area (Å²) in [5.41, 5.74) is 0. The topological polar surface area (TPSA) is 121 Å². The SMILES string of the molecule is CC(=O)C[C@@H]1CCC(=O)/C=C/C(=O)O[C@H](CC(C)=O)CCC(=O)/C=C\C(=O)O1. The van der Waals surface area contributed by atoms with Crippen LogP contribution in [0.2, 0.25) is 0 Å². The molecule has 0 aromatic rings. The smallest absolute Gasteiger partial charge is 0.331 e. The molecule has 0 aromatic carbocycles. The average Bonchev–Trinajstić information content (AvgIpc) is 2.59. The van der Waals surface area contributed by atoms with E-state index in [0.717, 1.165) is 24.3 Å². The number of ether oxygens (including phenoxy) is 2. The number of allylic oxidation sites excluding steroid dienone is 2. The lowest BCUT2D eigenvalue weighted by Crippen LogP contribution is -2.22. The summed E-state index contributed by atoms with van der Waals surface area (Å²) in [7, 11) is 0. The van der Waals surface area contributed by atoms with Gasteiger partial charge in [-0.25, -0.2) is 9.59 Å². The Morgan fingerprint density at radius 1 is 0.750 bits per heavy atom. The second-order valence-electron chi connectivity index (χ2n) is 6.61. The van der Waals surface area contributed by atoms with Gasteiger partial charge < -0.3 is 9.47 Å². The number of carbonyl (C=O) groups excluding carboxylic acids is 6. The highest BCUT2D eigenvalue weighted by Gasteiger charge is 2.19. The number of esters is 2. The van der Waals surface area contributed by atoms with E-state index in [0.29, 0.717) is 0 Å². The molecule has 0 saturated carbocycles. The van der Waals surface area contributed by atoms with Crippen molar-refractivity contribution in [2.75, 3.05) is 0 Å². The molecule has 1 heterocycles. The first-order valence-corrected chi connectivity index (χ1v) is 8.97. The van der Waals surface area contributed by atoms with Crippen LogP contribution >= 0.6 is 0 Å². The van der Waals surface area contributed by atoms with Gasteiger partial charge in [0.1, 0.15) is 23.8 Å². The molecule has 0 amide bonds. The molecule has 0 N–H and O–H groups in total. The molecule has 8 nitrogen and oxygen atoms in total. The van der Waals surface area contributed by atoms with Crippen molar-refractivity contribution in [2.45, 2.75) is 64.6 Å². The van der Waals surface area contributed by atoms with Gasteiger partial charge in [0.15, 0.2) is 11.6 Å². The van der Waals surface area contributed by atoms with Crippen LogP contribution in [0.3, 0.4) is 0 Å². The van der Waals surface area contributed by atoms with Crippen LogP contribution in [0.25, 0.3) is 0 Å². The van der Waals surface area contributed by atoms with Gasteiger partial charge in [-0.2, -0.15) is 0 Å². The third-order valence-electron chi connectivity index (χ3n) is 3.83. The van der Waals surface area contributed by atoms with E-state index in [1.807, 2.05) is 0 Å². The zero-order valence-electron chi connectivity index (χ0n) is 16.0. The first-order valence-electron chi connectivity index (χ1n) is 8.97. The van der Waals surface area contributed by atoms with Crippen LogP contribution in [0.5, 0.6) is 0 Å². The van der Waals surface area contributed by atoms with Gasteiger partial charge in [0, 0.05) is 37.8 Å². The fourth-order valence-corrected chi connectivity index (χ4v) is 2.55. The maximum Gasteiger partial charge on any atom is 0.331 e. The minimum Gasteiger partial charge on any atom is -0.459 e. The molecule has 0 radical (unpaired) electrons. The first kappa shape index (κ1) is 23.1. The van der Waals surface area contributed by atoms with E-state index in [1.54, 1.807) is 0 Å². The lowest BCUT2D eigenvalue weighted by Gasteiger charge is -2.16. The molecule has 0 fully saturated rings. The summed E-state index contributed by atoms with van der Waals surface area (Å²) in [5, 5.41) is 0. The third-order valence-corrected chi connectivity index (χ3v) is 3.83. The van der Waals surface area contributed by atoms with Crippen molar-refractivity contribution >= 4 is 35.1 Å². The number of carbonyl (C=O) groups is 6. The van der Waals surface area contributed by atoms with Crippen molar-refractivity contribution in [1.82, 2.24) is 0 Å². The standard InChI is InChI=1S/C20H24O8/c1-13(21)11-17-7-3-15(23)6-10-20(26)28-18(12-14(2)22)8-4-16(24)5-9-19(25)27-17/h5-6,9-10,17-18H,3-4,7-8,11-12H2,1-2H3/b9-5-,10-6+/t17-,18-/m0/s1. The fourth-order valence-electron chi connectivity index (χ4n) is 2.55. The van der Waals surface area contributed by atoms with Crippen molar-refractivity contribution < 1.29 is 38.2 Å². The van der Waals surface area contributed by atoms with E-state index in [-0.39, 0.29) is 50.1 Å². The van der Waals surface area contributed by atoms with Gasteiger partial charge in [-0.15, -0.1) is 0 Å². The normalized spacial score (nSPS) is 24.8. The van der Waals surface area contributed by atoms with E-state index in [9.17, 15) is 28.8 Å². The molecule has 0 bridgehead atoms. The summed E-state index contributed by atoms with van der Waals surface area (Å²) in [4.78, 5) is 70.2. The van der Waals surface area contributed by atoms with E-state index in [2.05, 4.69) is 0 Å². The van der Waals surface area contributed by atoms with Crippen LogP contribution < -0.4 is 0 Å². The van der Waals surface area contributed by atoms with Crippen LogP contribution in [-0.2, 0) is 38.2 Å². The van der Waals surface area contributed by atoms with Gasteiger partial charge in [-0.3, -0.25) is 19.2 Å². The Morgan fingerprint density at radius 3 is 1.43 bits per heavy atom. The zero-order chi connectivity index (χ0) is 21.1. The number of hydrogen-bond donors (Lipinski definition) is 0. The summed E-state index contributed by atoms with van der Waals surface area (Å²) in [5.74, 6) is -2.81. The Hall–Kier alpha value is -2.90. The molecule has 1 rings (SSSR count). The highest BCUT2D eigenvalue weighted by atomic mass is 16.5. The number of hydrogen-bond acceptors (Lipinski definition) is 8. The summed E-state index contributed by atoms with van der Waals surface area (Å²) >= 11 is 0. The summed E-state index contributed by atoms with van der Waals surface area (Å²) in [6.45, 7) is 2.67. The van der Waals surface area contributed by atoms with Gasteiger partial charge in [-0.1, -0.05) is 0 Å². The highest BCUT2D eigenvalue weighted by molar-refractivity contribution is 5.97. The molecule has 2 atom stereocenters. The van der Waals surface area contributed by atoms with E-state index >= 15 is 0 Å². The van der Waals surface area contributed by atoms with E-state index < -0.39 is 35.7 Å². The second kappa shape index (κ2) is 11.7. The van der Waals surface area contributed by atoms with Gasteiger partial charge in [-0.05, 0) is 38.8 Å². The number of rotatable bonds is 4. The Balaban J connectivity index is 2.95. The molecule has 0 unspecified atom stereocenters. The summed E-state index contributed by atoms with van der Waals surface area (Å²) in [6.07, 6.45) is 2.36. The lowest BCUT2D eigenvalue weighted by molar-refractivity contribution is -0.145. The highest BCUT2D eigenvalue weighted by Crippen LogP contribution is 2.12. The van der Waals surface area contributed by atoms with Crippen molar-refractivity contribution in [3.05, 3.63) is 24.3 Å². The Bertz CT molecular complexity index is 641. The largest absolute Gasteiger partial charge is 0.459 e. The lowest BCUT2D eigenvalue weighted by atomic mass is 10.1. The summed E-state index contributed by atoms with van der Waals surface area (Å²) < 4.78 is 10.3. The van der Waals surface area contributed by atoms with E-state index in [1.165, 1.54) is 13.8 Å². The second-order valence-corrected chi connectivity index (χ2v) is 6.61. The maximum atomic E-state index is 11.9. The number of cyclic esters (lactones) is 2. The Kier molecular flexibility index (Phi) is 9.70. The zero-order valence-corrected chi connectivity index (χ0v) is 16.0. The van der Waals surface area contributed by atoms with Crippen LogP contribution in [0.1, 0.15) is 52.4 Å². The predicted octanol–water partition coefficient (Wildman–Crippen LogP) is 1.59. The van der Waals surface area contributed by atoms with Crippen LogP contribution in [0.4, 0.5) is 0 Å². The third kappa shape index (κ3) is 10.3. The molecular weight excluding hydrogens is 368 g/mol. The molecule has 152 valence electrons. The van der Waals surface area contributed by atoms with Gasteiger partial charge in [0.25, 0.3) is 0 Å². The van der Waals surface area contributed by atoms with Crippen LogP contribution in [-0.4, -0.2) is 47.3 Å². The molecule has 0 aliphatic carbocycles. The number of ketones is 4. The molecule has 0 saturated heterocycles. The molecule has 1 aliphatic heterocycles. The number of Topliss-reactive ketones (excluding diaryl/α,β-unsaturated/α-hetero) is 2. The minimum absolute atomic E-state index is 0.0471. The van der Waals surface area contributed by atoms with Crippen molar-refractivity contribution in [1.29, 1.82) is 0 Å². The Labute approximate surface area is 162 Å². The minimum atomic E-state index is -0.804. The molecule has 28 heavy (non-hydrogen) atoms. The monoisotopic (exact) mass is 392 g/mol. The van der Waals surface area contributed by atoms with Gasteiger partial charge in [0.2, 0.25) is 0 Å². The average molecular weight is 392 g/mol. The summed E-state index contributed by atoms with van der Waals surface area (Å²) in [6, 6.07) is 0. The van der Waals surface area contributed by atoms with Crippen LogP contribution in [0, 0.1) is 0 Å². The van der Waals surface area contributed by atoms with Crippen molar-refractivity contribution in [3.63, 3.8) is 0 Å². The molecule has 0 aromatic heterocycles. The van der Waals surface area contributed by atoms with Crippen LogP contribution in [0.15, 0.2) is 24.3 Å². The van der Waals surface area contributed by atoms with Crippen molar-refractivity contribution in [2.24, 2.45) is 0 Å². The first-order chi connectivity index (χ1) is 13.2. The molecular formula is C20H24O8. The maximum absolute atomic E-state index is 11.9. The van der Waals surface area contributed by atoms with Gasteiger partial charge >= 0.3 is 11.9 Å². The molecule has 8 heteroatoms. The molecule has 1 aliphatic rings.